The number of carbonyl (C=O) groups is 2. The summed E-state index contributed by atoms with van der Waals surface area (Å²) in [5.74, 6) is 1.75. The summed E-state index contributed by atoms with van der Waals surface area (Å²) in [6, 6.07) is 5.52. The highest BCUT2D eigenvalue weighted by atomic mass is 32.2. The average molecular weight is 347 g/mol. The minimum atomic E-state index is -0.295. The van der Waals surface area contributed by atoms with Crippen LogP contribution in [0.15, 0.2) is 24.4 Å². The molecule has 0 bridgehead atoms. The topological polar surface area (TPSA) is 53.5 Å². The molecule has 2 aliphatic rings. The van der Waals surface area contributed by atoms with Crippen molar-refractivity contribution in [1.82, 2.24) is 14.8 Å². The third-order valence-electron chi connectivity index (χ3n) is 4.96. The van der Waals surface area contributed by atoms with Crippen molar-refractivity contribution in [3.05, 3.63) is 30.1 Å². The number of pyridine rings is 1. The van der Waals surface area contributed by atoms with Gasteiger partial charge < -0.3 is 9.80 Å². The highest BCUT2D eigenvalue weighted by Crippen LogP contribution is 2.31. The quantitative estimate of drug-likeness (QED) is 0.819. The Morgan fingerprint density at radius 1 is 1.33 bits per heavy atom. The molecule has 2 heterocycles. The van der Waals surface area contributed by atoms with E-state index in [-0.39, 0.29) is 23.8 Å². The van der Waals surface area contributed by atoms with Crippen LogP contribution in [0, 0.1) is 5.92 Å². The van der Waals surface area contributed by atoms with Gasteiger partial charge in [-0.25, -0.2) is 0 Å². The van der Waals surface area contributed by atoms with Gasteiger partial charge in [0.2, 0.25) is 11.8 Å². The van der Waals surface area contributed by atoms with Crippen LogP contribution in [-0.4, -0.2) is 57.9 Å². The number of aromatic nitrogens is 1. The van der Waals surface area contributed by atoms with Crippen LogP contribution < -0.4 is 0 Å². The van der Waals surface area contributed by atoms with Crippen molar-refractivity contribution in [1.29, 1.82) is 0 Å². The molecule has 24 heavy (non-hydrogen) atoms. The van der Waals surface area contributed by atoms with E-state index in [0.29, 0.717) is 18.2 Å². The van der Waals surface area contributed by atoms with Crippen molar-refractivity contribution in [2.45, 2.75) is 38.1 Å². The van der Waals surface area contributed by atoms with Gasteiger partial charge in [-0.3, -0.25) is 14.6 Å². The number of hydrogen-bond donors (Lipinski definition) is 0. The van der Waals surface area contributed by atoms with Gasteiger partial charge in [0, 0.05) is 43.6 Å². The summed E-state index contributed by atoms with van der Waals surface area (Å²) in [5, 5.41) is 0. The molecule has 130 valence electrons. The van der Waals surface area contributed by atoms with Crippen LogP contribution in [0.3, 0.4) is 0 Å². The predicted octanol–water partition coefficient (Wildman–Crippen LogP) is 2.17. The molecule has 3 rings (SSSR count). The fraction of sp³-hybridized carbons (Fsp3) is 0.611. The van der Waals surface area contributed by atoms with Crippen LogP contribution in [0.1, 0.15) is 31.4 Å². The molecule has 1 aromatic heterocycles. The van der Waals surface area contributed by atoms with Gasteiger partial charge in [-0.1, -0.05) is 18.9 Å². The van der Waals surface area contributed by atoms with Crippen molar-refractivity contribution in [3.63, 3.8) is 0 Å². The largest absolute Gasteiger partial charge is 0.344 e. The lowest BCUT2D eigenvalue weighted by molar-refractivity contribution is -0.144. The first-order valence-electron chi connectivity index (χ1n) is 8.70. The number of nitrogens with zero attached hydrogens (tertiary/aromatic N) is 3. The van der Waals surface area contributed by atoms with Gasteiger partial charge in [0.25, 0.3) is 0 Å². The van der Waals surface area contributed by atoms with Gasteiger partial charge in [0.1, 0.15) is 6.04 Å². The number of likely N-dealkylation sites (N-methyl/N-ethyl adjacent to an activating group) is 1. The Hall–Kier alpha value is -1.56. The summed E-state index contributed by atoms with van der Waals surface area (Å²) in [7, 11) is 1.83. The van der Waals surface area contributed by atoms with Crippen molar-refractivity contribution in [3.8, 4) is 0 Å². The monoisotopic (exact) mass is 347 g/mol. The van der Waals surface area contributed by atoms with Crippen LogP contribution in [0.5, 0.6) is 0 Å². The van der Waals surface area contributed by atoms with Crippen LogP contribution in [0.25, 0.3) is 0 Å². The van der Waals surface area contributed by atoms with Crippen molar-refractivity contribution in [2.24, 2.45) is 5.92 Å². The molecule has 1 aromatic rings. The Morgan fingerprint density at radius 3 is 2.83 bits per heavy atom. The highest BCUT2D eigenvalue weighted by Gasteiger charge is 2.39. The molecule has 6 heteroatoms. The van der Waals surface area contributed by atoms with Crippen LogP contribution >= 0.6 is 11.8 Å². The number of amides is 2. The van der Waals surface area contributed by atoms with Gasteiger partial charge >= 0.3 is 0 Å². The number of hydrogen-bond acceptors (Lipinski definition) is 4. The SMILES string of the molecule is CN(CCc1ccccn1)C(=O)[C@H]1CSCN1C(=O)C1CCCC1. The second-order valence-corrected chi connectivity index (χ2v) is 7.64. The second kappa shape index (κ2) is 8.01. The minimum absolute atomic E-state index is 0.0577. The van der Waals surface area contributed by atoms with Crippen molar-refractivity contribution in [2.75, 3.05) is 25.2 Å². The van der Waals surface area contributed by atoms with Crippen LogP contribution in [0.2, 0.25) is 0 Å². The molecule has 1 aliphatic carbocycles. The van der Waals surface area contributed by atoms with Crippen molar-refractivity contribution < 1.29 is 9.59 Å². The molecular formula is C18H25N3O2S. The van der Waals surface area contributed by atoms with Gasteiger partial charge in [-0.05, 0) is 25.0 Å². The summed E-state index contributed by atoms with van der Waals surface area (Å²) in [4.78, 5) is 33.4. The summed E-state index contributed by atoms with van der Waals surface area (Å²) in [6.45, 7) is 0.627. The standard InChI is InChI=1S/C18H25N3O2S/c1-20(11-9-15-8-4-5-10-19-15)18(23)16-12-24-13-21(16)17(22)14-6-2-3-7-14/h4-5,8,10,14,16H,2-3,6-7,9,11-13H2,1H3/t16-/m1/s1. The second-order valence-electron chi connectivity index (χ2n) is 6.64. The van der Waals surface area contributed by atoms with E-state index in [1.807, 2.05) is 30.1 Å². The molecular weight excluding hydrogens is 322 g/mol. The third kappa shape index (κ3) is 3.91. The molecule has 0 radical (unpaired) electrons. The summed E-state index contributed by atoms with van der Waals surface area (Å²) < 4.78 is 0. The minimum Gasteiger partial charge on any atom is -0.344 e. The molecule has 1 saturated carbocycles. The maximum Gasteiger partial charge on any atom is 0.246 e. The number of thioether (sulfide) groups is 1. The molecule has 1 aliphatic heterocycles. The van der Waals surface area contributed by atoms with Gasteiger partial charge in [-0.2, -0.15) is 0 Å². The Bertz CT molecular complexity index is 575. The molecule has 1 atom stereocenters. The van der Waals surface area contributed by atoms with E-state index in [2.05, 4.69) is 4.98 Å². The van der Waals surface area contributed by atoms with E-state index >= 15 is 0 Å². The van der Waals surface area contributed by atoms with Gasteiger partial charge in [0.05, 0.1) is 5.88 Å². The summed E-state index contributed by atoms with van der Waals surface area (Å²) in [5.41, 5.74) is 0.983. The lowest BCUT2D eigenvalue weighted by Crippen LogP contribution is -2.49. The Labute approximate surface area is 147 Å². The fourth-order valence-electron chi connectivity index (χ4n) is 3.46. The smallest absolute Gasteiger partial charge is 0.246 e. The normalized spacial score (nSPS) is 21.2. The predicted molar refractivity (Wildman–Crippen MR) is 95.5 cm³/mol. The van der Waals surface area contributed by atoms with Gasteiger partial charge in [-0.15, -0.1) is 11.8 Å². The van der Waals surface area contributed by atoms with E-state index in [1.165, 1.54) is 0 Å². The van der Waals surface area contributed by atoms with Crippen molar-refractivity contribution >= 4 is 23.6 Å². The fourth-order valence-corrected chi connectivity index (χ4v) is 4.62. The zero-order valence-electron chi connectivity index (χ0n) is 14.2. The first kappa shape index (κ1) is 17.3. The molecule has 0 aromatic carbocycles. The Balaban J connectivity index is 1.57. The Kier molecular flexibility index (Phi) is 5.76. The lowest BCUT2D eigenvalue weighted by atomic mass is 10.1. The number of rotatable bonds is 5. The molecule has 2 fully saturated rings. The maximum atomic E-state index is 12.8. The summed E-state index contributed by atoms with van der Waals surface area (Å²) >= 11 is 1.68. The first-order valence-corrected chi connectivity index (χ1v) is 9.85. The molecule has 2 amide bonds. The van der Waals surface area contributed by atoms with E-state index in [9.17, 15) is 9.59 Å². The average Bonchev–Trinajstić information content (AvgIpc) is 3.30. The molecule has 5 nitrogen and oxygen atoms in total. The lowest BCUT2D eigenvalue weighted by Gasteiger charge is -2.29. The first-order chi connectivity index (χ1) is 11.7. The van der Waals surface area contributed by atoms with Crippen LogP contribution in [-0.2, 0) is 16.0 Å². The van der Waals surface area contributed by atoms with E-state index < -0.39 is 0 Å². The van der Waals surface area contributed by atoms with E-state index in [1.54, 1.807) is 22.9 Å². The number of carbonyl (C=O) groups excluding carboxylic acids is 2. The molecule has 0 spiro atoms. The summed E-state index contributed by atoms with van der Waals surface area (Å²) in [6.07, 6.45) is 6.75. The van der Waals surface area contributed by atoms with Gasteiger partial charge in [0.15, 0.2) is 0 Å². The third-order valence-corrected chi connectivity index (χ3v) is 5.97. The maximum absolute atomic E-state index is 12.8. The van der Waals surface area contributed by atoms with E-state index in [0.717, 1.165) is 37.8 Å². The molecule has 0 unspecified atom stereocenters. The molecule has 0 N–H and O–H groups in total. The van der Waals surface area contributed by atoms with E-state index in [4.69, 9.17) is 0 Å². The Morgan fingerprint density at radius 2 is 2.12 bits per heavy atom. The zero-order chi connectivity index (χ0) is 16.9. The van der Waals surface area contributed by atoms with Crippen LogP contribution in [0.4, 0.5) is 0 Å². The molecule has 1 saturated heterocycles. The zero-order valence-corrected chi connectivity index (χ0v) is 15.0. The highest BCUT2D eigenvalue weighted by molar-refractivity contribution is 7.99.